The van der Waals surface area contributed by atoms with E-state index < -0.39 is 30.7 Å². The molecule has 21 heteroatoms. The molecule has 0 fully saturated rings. The van der Waals surface area contributed by atoms with Gasteiger partial charge in [0.05, 0.1) is 21.6 Å². The van der Waals surface area contributed by atoms with Gasteiger partial charge in [-0.1, -0.05) is 174 Å². The Morgan fingerprint density at radius 1 is 0.521 bits per heavy atom. The van der Waals surface area contributed by atoms with Crippen molar-refractivity contribution in [3.8, 4) is 0 Å². The van der Waals surface area contributed by atoms with Crippen molar-refractivity contribution in [2.45, 2.75) is 130 Å². The van der Waals surface area contributed by atoms with Crippen LogP contribution in [0.5, 0.6) is 0 Å². The van der Waals surface area contributed by atoms with Gasteiger partial charge in [0.15, 0.2) is 18.1 Å². The second-order valence-electron chi connectivity index (χ2n) is 23.7. The van der Waals surface area contributed by atoms with Gasteiger partial charge in [-0.15, -0.1) is 42.3 Å². The van der Waals surface area contributed by atoms with Gasteiger partial charge in [0.1, 0.15) is 19.6 Å². The Labute approximate surface area is 566 Å². The SMILES string of the molecule is CCCC[n+]1ccc(C=CC2=c3ccccc3=C(C=Cc3cc[n+](CCCC)c4ccccc34)C2Cl)c2ccccc21.CCN1C(=CC=C2CCCC(C=CC3=[N+](CC)c4ccccc4C3(C)C)=C2Cl)C(C)(C)c2ccccc21.[O-][Cl+3]([O-])([O-])[O-].[O-][Cl+3]([O-])([O-])[O-].[O-][Cl+3]([O-])([O-])[O-]. The number of benzene rings is 5. The van der Waals surface area contributed by atoms with E-state index >= 15 is 0 Å². The zero-order chi connectivity index (χ0) is 68.8. The number of aryl methyl sites for hydroxylation is 2. The highest BCUT2D eigenvalue weighted by Crippen LogP contribution is 2.48. The molecule has 11 rings (SSSR count). The summed E-state index contributed by atoms with van der Waals surface area (Å²) in [5, 5.41) is 5.66. The van der Waals surface area contributed by atoms with E-state index in [-0.39, 0.29) is 16.2 Å². The molecule has 498 valence electrons. The lowest BCUT2D eigenvalue weighted by molar-refractivity contribution is -2.00. The molecule has 16 nitrogen and oxygen atoms in total. The summed E-state index contributed by atoms with van der Waals surface area (Å²) in [4.78, 5) is 2.45. The Bertz CT molecular complexity index is 3990. The maximum atomic E-state index is 8.49. The number of halogens is 5. The predicted octanol–water partition coefficient (Wildman–Crippen LogP) is 2.19. The van der Waals surface area contributed by atoms with Crippen LogP contribution < -0.4 is 80.4 Å². The Morgan fingerprint density at radius 3 is 1.47 bits per heavy atom. The lowest BCUT2D eigenvalue weighted by Crippen LogP contribution is -2.68. The van der Waals surface area contributed by atoms with Crippen molar-refractivity contribution in [3.63, 3.8) is 0 Å². The number of allylic oxidation sites excluding steroid dienone is 10. The Balaban J connectivity index is 0.000000220. The maximum absolute atomic E-state index is 8.49. The molecule has 4 heterocycles. The van der Waals surface area contributed by atoms with E-state index in [0.717, 1.165) is 61.6 Å². The summed E-state index contributed by atoms with van der Waals surface area (Å²) >= 11 is 14.3. The summed E-state index contributed by atoms with van der Waals surface area (Å²) < 4.78 is 109. The summed E-state index contributed by atoms with van der Waals surface area (Å²) in [6.07, 6.45) is 30.5. The average Bonchev–Trinajstić information content (AvgIpc) is 1.60. The van der Waals surface area contributed by atoms with Crippen molar-refractivity contribution < 1.29 is 100 Å². The van der Waals surface area contributed by atoms with Crippen LogP contribution in [0.25, 0.3) is 45.1 Å². The second-order valence-corrected chi connectivity index (χ2v) is 26.8. The van der Waals surface area contributed by atoms with Crippen LogP contribution in [0, 0.1) is 30.7 Å². The first-order valence-corrected chi connectivity index (χ1v) is 35.5. The number of hydrogen-bond acceptors (Lipinski definition) is 13. The second kappa shape index (κ2) is 33.0. The molecular weight excluding hydrogens is 1300 g/mol. The van der Waals surface area contributed by atoms with E-state index in [1.165, 1.54) is 114 Å². The lowest BCUT2D eigenvalue weighted by Gasteiger charge is -2.26. The van der Waals surface area contributed by atoms with Gasteiger partial charge >= 0.3 is 0 Å². The summed E-state index contributed by atoms with van der Waals surface area (Å²) in [7, 11) is -14.8. The van der Waals surface area contributed by atoms with E-state index in [1.807, 2.05) is 0 Å². The first kappa shape index (κ1) is 74.9. The van der Waals surface area contributed by atoms with Gasteiger partial charge in [0, 0.05) is 83.2 Å². The number of hydrogen-bond donors (Lipinski definition) is 0. The molecule has 0 saturated heterocycles. The predicted molar refractivity (Wildman–Crippen MR) is 338 cm³/mol. The number of pyridine rings is 2. The van der Waals surface area contributed by atoms with E-state index in [0.29, 0.717) is 0 Å². The number of rotatable bonds is 15. The van der Waals surface area contributed by atoms with Crippen molar-refractivity contribution in [1.82, 2.24) is 0 Å². The van der Waals surface area contributed by atoms with Crippen molar-refractivity contribution in [1.29, 1.82) is 0 Å². The van der Waals surface area contributed by atoms with Gasteiger partial charge < -0.3 is 4.90 Å². The minimum Gasteiger partial charge on any atom is -0.344 e. The lowest BCUT2D eigenvalue weighted by atomic mass is 9.81. The molecule has 0 radical (unpaired) electrons. The third kappa shape index (κ3) is 19.6. The number of fused-ring (bicyclic) bond motifs is 5. The fourth-order valence-corrected chi connectivity index (χ4v) is 13.3. The van der Waals surface area contributed by atoms with Crippen molar-refractivity contribution in [3.05, 3.63) is 237 Å². The molecule has 5 aromatic carbocycles. The first-order valence-electron chi connectivity index (χ1n) is 31.0. The minimum atomic E-state index is -4.94. The molecule has 0 amide bonds. The van der Waals surface area contributed by atoms with E-state index in [2.05, 4.69) is 268 Å². The van der Waals surface area contributed by atoms with Crippen LogP contribution in [0.1, 0.15) is 123 Å². The van der Waals surface area contributed by atoms with E-state index in [4.69, 9.17) is 79.1 Å². The number of anilines is 1. The van der Waals surface area contributed by atoms with Gasteiger partial charge in [-0.2, -0.15) is 13.7 Å². The molecule has 0 saturated carbocycles. The van der Waals surface area contributed by atoms with Crippen LogP contribution in [-0.2, 0) is 23.9 Å². The van der Waals surface area contributed by atoms with Crippen LogP contribution in [0.15, 0.2) is 204 Å². The monoisotopic (exact) mass is 1380 g/mol. The fraction of sp³-hybridized carbons (Fsp3) is 0.301. The van der Waals surface area contributed by atoms with Crippen LogP contribution in [0.3, 0.4) is 0 Å². The number of nitrogens with zero attached hydrogens (tertiary/aromatic N) is 4. The summed E-state index contributed by atoms with van der Waals surface area (Å²) in [5.41, 5.74) is 17.8. The van der Waals surface area contributed by atoms with Crippen LogP contribution in [-0.4, -0.2) is 28.8 Å². The Kier molecular flexibility index (Phi) is 26.3. The highest BCUT2D eigenvalue weighted by Gasteiger charge is 2.44. The minimum absolute atomic E-state index is 0.0272. The van der Waals surface area contributed by atoms with Gasteiger partial charge in [0.25, 0.3) is 0 Å². The van der Waals surface area contributed by atoms with Crippen LogP contribution in [0.4, 0.5) is 11.4 Å². The largest absolute Gasteiger partial charge is 0.344 e. The highest BCUT2D eigenvalue weighted by atomic mass is 35.7. The molecule has 0 spiro atoms. The van der Waals surface area contributed by atoms with E-state index in [9.17, 15) is 0 Å². The van der Waals surface area contributed by atoms with Gasteiger partial charge in [0.2, 0.25) is 16.7 Å². The molecule has 2 aromatic heterocycles. The number of likely N-dealkylation sites (N-methyl/N-ethyl adjacent to an activating group) is 1. The molecule has 7 aromatic rings. The molecule has 2 aliphatic carbocycles. The van der Waals surface area contributed by atoms with Crippen molar-refractivity contribution in [2.24, 2.45) is 0 Å². The summed E-state index contributed by atoms with van der Waals surface area (Å²) in [6.45, 7) is 22.3. The van der Waals surface area contributed by atoms with Gasteiger partial charge in [-0.25, -0.2) is 55.9 Å². The molecule has 4 aliphatic rings. The fourth-order valence-electron chi connectivity index (χ4n) is 12.6. The smallest absolute Gasteiger partial charge is 0.213 e. The number of aromatic nitrogens is 2. The molecule has 94 heavy (non-hydrogen) atoms. The Morgan fingerprint density at radius 2 is 0.979 bits per heavy atom. The topological polar surface area (TPSA) is 291 Å². The number of alkyl halides is 1. The molecule has 0 bridgehead atoms. The summed E-state index contributed by atoms with van der Waals surface area (Å²) in [5.74, 6) is 0. The number of unbranched alkanes of at least 4 members (excludes halogenated alkanes) is 2. The maximum Gasteiger partial charge on any atom is 0.213 e. The number of para-hydroxylation sites is 4. The Hall–Kier alpha value is -6.46. The first-order chi connectivity index (χ1) is 44.4. The summed E-state index contributed by atoms with van der Waals surface area (Å²) in [6, 6.07) is 48.1. The average molecular weight is 1380 g/mol. The molecule has 0 N–H and O–H groups in total. The van der Waals surface area contributed by atoms with Gasteiger partial charge in [-0.05, 0) is 121 Å². The zero-order valence-electron chi connectivity index (χ0n) is 53.9. The van der Waals surface area contributed by atoms with Crippen molar-refractivity contribution in [2.75, 3.05) is 18.0 Å². The van der Waals surface area contributed by atoms with Crippen LogP contribution >= 0.6 is 23.2 Å². The standard InChI is InChI=1S/C39H39ClN2.C34H40ClN2.3ClHO4/c1-3-5-25-41-27-23-29(31-13-9-11-17-37(31)41)19-21-35-33-15-7-8-16-34(33)36(39(35)40)22-20-30-24-28-42(26-6-4-2)38-18-12-10-14-32(30)38;1-7-36-28-18-11-9-16-26(28)33(3,4)30(36)22-20-24-14-13-15-25(32(24)35)21-23-31-34(5,6)27-17-10-12-19-29(27)37(31)8-2;3*2-1(3,4)5/h7-24,27-28,39H,3-6,25-26H2,1-2H3;9-12,16-23H,7-8,13-15H2,1-6H3;3*(H,2,3,4,5)/q+2;+1;;;/p-3. The molecule has 0 unspecified atom stereocenters. The van der Waals surface area contributed by atoms with Crippen LogP contribution in [0.2, 0.25) is 0 Å². The third-order valence-corrected chi connectivity index (χ3v) is 17.9. The zero-order valence-corrected chi connectivity index (χ0v) is 57.7. The van der Waals surface area contributed by atoms with E-state index in [1.54, 1.807) is 0 Å². The molecule has 2 aliphatic heterocycles. The third-order valence-electron chi connectivity index (χ3n) is 17.0. The van der Waals surface area contributed by atoms with Gasteiger partial charge in [-0.3, -0.25) is 0 Å². The highest BCUT2D eigenvalue weighted by molar-refractivity contribution is 6.33. The normalized spacial score (nSPS) is 17.5. The molecule has 0 atom stereocenters. The van der Waals surface area contributed by atoms with Crippen molar-refractivity contribution >= 4 is 85.4 Å². The molecular formula is C73H79Cl5N4O12. The quantitative estimate of drug-likeness (QED) is 0.105.